The quantitative estimate of drug-likeness (QED) is 0.674. The highest BCUT2D eigenvalue weighted by Crippen LogP contribution is 2.31. The number of hydrogen-bond donors (Lipinski definition) is 0. The highest BCUT2D eigenvalue weighted by molar-refractivity contribution is 6.20. The molecule has 0 saturated heterocycles. The predicted octanol–water partition coefficient (Wildman–Crippen LogP) is 4.38. The molecule has 2 aromatic heterocycles. The average Bonchev–Trinajstić information content (AvgIpc) is 3.02. The van der Waals surface area contributed by atoms with Gasteiger partial charge in [-0.25, -0.2) is 14.4 Å². The normalized spacial score (nSPS) is 14.5. The van der Waals surface area contributed by atoms with Crippen LogP contribution in [0.3, 0.4) is 0 Å². The lowest BCUT2D eigenvalue weighted by atomic mass is 10.2. The van der Waals surface area contributed by atoms with Crippen molar-refractivity contribution in [2.45, 2.75) is 32.2 Å². The van der Waals surface area contributed by atoms with Crippen LogP contribution in [0, 0.1) is 12.7 Å². The fourth-order valence-corrected chi connectivity index (χ4v) is 2.62. The van der Waals surface area contributed by atoms with E-state index < -0.39 is 0 Å². The highest BCUT2D eigenvalue weighted by Gasteiger charge is 2.24. The Kier molecular flexibility index (Phi) is 3.45. The van der Waals surface area contributed by atoms with E-state index in [1.54, 1.807) is 12.3 Å². The monoisotopic (exact) mass is 307 g/mol. The standard InChI is InChI=1S/C15H15ClFN3O/c1-8-7-18-15(21-8)10(3)20-12-6-4-5-11(17)13(12)19-14(20)9(2)16/h4-7,9-10H,1-3H3. The summed E-state index contributed by atoms with van der Waals surface area (Å²) in [6.07, 6.45) is 1.66. The fraction of sp³-hybridized carbons (Fsp3) is 0.333. The molecule has 0 aliphatic heterocycles. The number of aromatic nitrogens is 3. The van der Waals surface area contributed by atoms with Crippen LogP contribution in [0.2, 0.25) is 0 Å². The molecule has 21 heavy (non-hydrogen) atoms. The third-order valence-electron chi connectivity index (χ3n) is 3.44. The zero-order valence-corrected chi connectivity index (χ0v) is 12.7. The minimum Gasteiger partial charge on any atom is -0.444 e. The van der Waals surface area contributed by atoms with Crippen molar-refractivity contribution in [3.8, 4) is 0 Å². The van der Waals surface area contributed by atoms with Crippen LogP contribution in [0.1, 0.15) is 42.7 Å². The second-order valence-electron chi connectivity index (χ2n) is 5.05. The Morgan fingerprint density at radius 3 is 2.71 bits per heavy atom. The van der Waals surface area contributed by atoms with Gasteiger partial charge in [0.15, 0.2) is 5.82 Å². The molecule has 0 bridgehead atoms. The van der Waals surface area contributed by atoms with Crippen molar-refractivity contribution < 1.29 is 8.81 Å². The summed E-state index contributed by atoms with van der Waals surface area (Å²) in [5, 5.41) is -0.352. The first-order valence-corrected chi connectivity index (χ1v) is 7.15. The molecule has 0 amide bonds. The van der Waals surface area contributed by atoms with Gasteiger partial charge in [-0.3, -0.25) is 0 Å². The molecule has 0 saturated carbocycles. The van der Waals surface area contributed by atoms with Gasteiger partial charge in [-0.2, -0.15) is 0 Å². The molecule has 3 rings (SSSR count). The van der Waals surface area contributed by atoms with Gasteiger partial charge in [-0.1, -0.05) is 6.07 Å². The van der Waals surface area contributed by atoms with Crippen LogP contribution >= 0.6 is 11.6 Å². The van der Waals surface area contributed by atoms with Crippen LogP contribution in [0.15, 0.2) is 28.8 Å². The largest absolute Gasteiger partial charge is 0.444 e. The Hall–Kier alpha value is -1.88. The molecule has 6 heteroatoms. The topological polar surface area (TPSA) is 43.9 Å². The SMILES string of the molecule is Cc1cnc(C(C)n2c(C(C)Cl)nc3c(F)cccc32)o1. The molecule has 3 aromatic rings. The molecule has 110 valence electrons. The molecule has 0 radical (unpaired) electrons. The van der Waals surface area contributed by atoms with Gasteiger partial charge in [0.25, 0.3) is 0 Å². The first-order valence-electron chi connectivity index (χ1n) is 6.71. The van der Waals surface area contributed by atoms with Crippen LogP contribution in [-0.4, -0.2) is 14.5 Å². The first-order chi connectivity index (χ1) is 9.99. The summed E-state index contributed by atoms with van der Waals surface area (Å²) in [5.41, 5.74) is 0.996. The van der Waals surface area contributed by atoms with E-state index in [2.05, 4.69) is 9.97 Å². The molecule has 0 spiro atoms. The maximum atomic E-state index is 14.0. The smallest absolute Gasteiger partial charge is 0.217 e. The molecule has 0 fully saturated rings. The second-order valence-corrected chi connectivity index (χ2v) is 5.70. The molecule has 2 atom stereocenters. The summed E-state index contributed by atoms with van der Waals surface area (Å²) in [6.45, 7) is 5.57. The maximum absolute atomic E-state index is 14.0. The fourth-order valence-electron chi connectivity index (χ4n) is 2.46. The molecule has 2 heterocycles. The second kappa shape index (κ2) is 5.15. The van der Waals surface area contributed by atoms with Gasteiger partial charge < -0.3 is 8.98 Å². The zero-order valence-electron chi connectivity index (χ0n) is 12.0. The van der Waals surface area contributed by atoms with Crippen LogP contribution in [0.5, 0.6) is 0 Å². The van der Waals surface area contributed by atoms with E-state index in [0.29, 0.717) is 22.7 Å². The van der Waals surface area contributed by atoms with Crippen LogP contribution < -0.4 is 0 Å². The summed E-state index contributed by atoms with van der Waals surface area (Å²) in [7, 11) is 0. The number of aryl methyl sites for hydroxylation is 1. The molecule has 4 nitrogen and oxygen atoms in total. The van der Waals surface area contributed by atoms with E-state index in [4.69, 9.17) is 16.0 Å². The summed E-state index contributed by atoms with van der Waals surface area (Å²) in [6, 6.07) is 4.65. The number of benzene rings is 1. The van der Waals surface area contributed by atoms with Gasteiger partial charge in [-0.15, -0.1) is 11.6 Å². The Morgan fingerprint density at radius 2 is 2.10 bits per heavy atom. The summed E-state index contributed by atoms with van der Waals surface area (Å²) in [4.78, 5) is 8.60. The van der Waals surface area contributed by atoms with E-state index >= 15 is 0 Å². The number of halogens is 2. The lowest BCUT2D eigenvalue weighted by Gasteiger charge is -2.15. The van der Waals surface area contributed by atoms with Gasteiger partial charge in [-0.05, 0) is 32.9 Å². The number of oxazole rings is 1. The van der Waals surface area contributed by atoms with Gasteiger partial charge in [0.2, 0.25) is 5.89 Å². The minimum atomic E-state index is -0.361. The van der Waals surface area contributed by atoms with Crippen molar-refractivity contribution in [1.29, 1.82) is 0 Å². The number of alkyl halides is 1. The number of nitrogens with zero attached hydrogens (tertiary/aromatic N) is 3. The van der Waals surface area contributed by atoms with Gasteiger partial charge >= 0.3 is 0 Å². The average molecular weight is 308 g/mol. The van der Waals surface area contributed by atoms with Crippen LogP contribution in [0.25, 0.3) is 11.0 Å². The van der Waals surface area contributed by atoms with Crippen LogP contribution in [0.4, 0.5) is 4.39 Å². The highest BCUT2D eigenvalue weighted by atomic mass is 35.5. The number of imidazole rings is 1. The van der Waals surface area contributed by atoms with Crippen molar-refractivity contribution in [3.05, 3.63) is 47.7 Å². The van der Waals surface area contributed by atoms with E-state index in [9.17, 15) is 4.39 Å². The summed E-state index contributed by atoms with van der Waals surface area (Å²) in [5.74, 6) is 1.52. The molecule has 0 aliphatic rings. The number of hydrogen-bond acceptors (Lipinski definition) is 3. The van der Waals surface area contributed by atoms with Crippen molar-refractivity contribution in [3.63, 3.8) is 0 Å². The Bertz CT molecular complexity index is 793. The third-order valence-corrected chi connectivity index (χ3v) is 3.63. The molecular weight excluding hydrogens is 293 g/mol. The van der Waals surface area contributed by atoms with E-state index in [1.807, 2.05) is 31.4 Å². The molecule has 0 aliphatic carbocycles. The van der Waals surface area contributed by atoms with Crippen LogP contribution in [-0.2, 0) is 0 Å². The Labute approximate surface area is 126 Å². The molecular formula is C15H15ClFN3O. The first kappa shape index (κ1) is 14.1. The third kappa shape index (κ3) is 2.31. The minimum absolute atomic E-state index is 0.221. The summed E-state index contributed by atoms with van der Waals surface area (Å²) >= 11 is 6.21. The van der Waals surface area contributed by atoms with Gasteiger partial charge in [0.1, 0.15) is 23.1 Å². The Balaban J connectivity index is 2.24. The summed E-state index contributed by atoms with van der Waals surface area (Å²) < 4.78 is 21.4. The molecule has 2 unspecified atom stereocenters. The Morgan fingerprint density at radius 1 is 1.33 bits per heavy atom. The number of para-hydroxylation sites is 1. The van der Waals surface area contributed by atoms with Crippen molar-refractivity contribution in [2.75, 3.05) is 0 Å². The van der Waals surface area contributed by atoms with E-state index in [1.165, 1.54) is 6.07 Å². The molecule has 1 aromatic carbocycles. The lowest BCUT2D eigenvalue weighted by molar-refractivity contribution is 0.414. The predicted molar refractivity (Wildman–Crippen MR) is 79.0 cm³/mol. The maximum Gasteiger partial charge on any atom is 0.217 e. The van der Waals surface area contributed by atoms with Crippen molar-refractivity contribution in [2.24, 2.45) is 0 Å². The van der Waals surface area contributed by atoms with E-state index in [0.717, 1.165) is 5.76 Å². The number of rotatable bonds is 3. The van der Waals surface area contributed by atoms with Gasteiger partial charge in [0.05, 0.1) is 17.1 Å². The van der Waals surface area contributed by atoms with Crippen molar-refractivity contribution >= 4 is 22.6 Å². The van der Waals surface area contributed by atoms with Crippen molar-refractivity contribution in [1.82, 2.24) is 14.5 Å². The zero-order chi connectivity index (χ0) is 15.1. The van der Waals surface area contributed by atoms with E-state index in [-0.39, 0.29) is 17.2 Å². The molecule has 0 N–H and O–H groups in total. The van der Waals surface area contributed by atoms with Gasteiger partial charge in [0, 0.05) is 0 Å². The lowest BCUT2D eigenvalue weighted by Crippen LogP contribution is -2.11. The number of fused-ring (bicyclic) bond motifs is 1.